The standard InChI is InChI=1S/C29H36N4O9S/c1-13(2)43(41,42)31-9-7-8-14-12-18(32(3)4)16-10-15-11-17-22(33(5)6)25(36)21(28(30)39)27(38)29(17,40)26(37)19(15)24(35)20(16)23(14)34/h12-13,15,17,22,31,34,36-37,40H,9-11H2,1-6H3,(H2,30,39). The van der Waals surface area contributed by atoms with Gasteiger partial charge in [0.2, 0.25) is 15.8 Å². The molecule has 7 N–H and O–H groups in total. The summed E-state index contributed by atoms with van der Waals surface area (Å²) in [7, 11) is 2.99. The van der Waals surface area contributed by atoms with Crippen molar-refractivity contribution >= 4 is 33.2 Å². The fourth-order valence-corrected chi connectivity index (χ4v) is 6.84. The zero-order valence-corrected chi connectivity index (χ0v) is 25.5. The van der Waals surface area contributed by atoms with Crippen molar-refractivity contribution in [3.63, 3.8) is 0 Å². The quantitative estimate of drug-likeness (QED) is 0.183. The van der Waals surface area contributed by atoms with Crippen LogP contribution in [0.25, 0.3) is 0 Å². The SMILES string of the molecule is CC(C)S(=O)(=O)NCC#Cc1cc(N(C)C)c2c(c1O)C(=O)C1=C(O)C3(O)C(=O)C(C(N)=O)=C(O)C(N(C)C)C3CC1C2. The molecule has 0 fully saturated rings. The molecule has 0 aromatic heterocycles. The minimum Gasteiger partial charge on any atom is -0.510 e. The molecule has 0 aliphatic heterocycles. The van der Waals surface area contributed by atoms with Crippen LogP contribution in [0.15, 0.2) is 28.7 Å². The molecule has 232 valence electrons. The van der Waals surface area contributed by atoms with Crippen LogP contribution in [0.4, 0.5) is 5.69 Å². The predicted molar refractivity (Wildman–Crippen MR) is 157 cm³/mol. The Morgan fingerprint density at radius 3 is 2.35 bits per heavy atom. The normalized spacial score (nSPS) is 25.3. The van der Waals surface area contributed by atoms with Gasteiger partial charge in [-0.2, -0.15) is 0 Å². The van der Waals surface area contributed by atoms with E-state index >= 15 is 0 Å². The smallest absolute Gasteiger partial charge is 0.255 e. The number of aliphatic hydroxyl groups is 3. The van der Waals surface area contributed by atoms with E-state index in [0.717, 1.165) is 0 Å². The number of carbonyl (C=O) groups excluding carboxylic acids is 3. The Bertz CT molecular complexity index is 1660. The van der Waals surface area contributed by atoms with E-state index in [4.69, 9.17) is 5.73 Å². The van der Waals surface area contributed by atoms with Gasteiger partial charge in [0.15, 0.2) is 11.4 Å². The summed E-state index contributed by atoms with van der Waals surface area (Å²) in [5, 5.41) is 44.7. The number of nitrogens with two attached hydrogens (primary N) is 1. The second-order valence-corrected chi connectivity index (χ2v) is 14.0. The third-order valence-electron chi connectivity index (χ3n) is 8.39. The van der Waals surface area contributed by atoms with Crippen molar-refractivity contribution in [3.8, 4) is 17.6 Å². The molecular weight excluding hydrogens is 580 g/mol. The highest BCUT2D eigenvalue weighted by atomic mass is 32.2. The second kappa shape index (κ2) is 11.0. The van der Waals surface area contributed by atoms with E-state index in [2.05, 4.69) is 16.6 Å². The maximum atomic E-state index is 14.0. The van der Waals surface area contributed by atoms with Crippen molar-refractivity contribution in [1.29, 1.82) is 0 Å². The first-order valence-corrected chi connectivity index (χ1v) is 15.1. The topological polar surface area (TPSA) is 211 Å². The number of primary amides is 1. The number of hydrogen-bond donors (Lipinski definition) is 6. The monoisotopic (exact) mass is 616 g/mol. The third kappa shape index (κ3) is 4.96. The maximum absolute atomic E-state index is 14.0. The van der Waals surface area contributed by atoms with E-state index in [-0.39, 0.29) is 36.1 Å². The second-order valence-electron chi connectivity index (χ2n) is 11.7. The Balaban J connectivity index is 1.88. The molecule has 1 amide bonds. The molecule has 1 aromatic carbocycles. The summed E-state index contributed by atoms with van der Waals surface area (Å²) in [6.07, 6.45) is 0.0917. The van der Waals surface area contributed by atoms with Gasteiger partial charge >= 0.3 is 0 Å². The van der Waals surface area contributed by atoms with Gasteiger partial charge < -0.3 is 31.1 Å². The number of carbonyl (C=O) groups is 3. The molecule has 13 nitrogen and oxygen atoms in total. The van der Waals surface area contributed by atoms with Crippen LogP contribution in [-0.4, -0.2) is 103 Å². The van der Waals surface area contributed by atoms with Crippen LogP contribution >= 0.6 is 0 Å². The number of nitrogens with zero attached hydrogens (tertiary/aromatic N) is 2. The molecule has 0 spiro atoms. The molecule has 0 bridgehead atoms. The lowest BCUT2D eigenvalue weighted by atomic mass is 9.58. The number of fused-ring (bicyclic) bond motifs is 3. The number of sulfonamides is 1. The van der Waals surface area contributed by atoms with E-state index < -0.39 is 79.1 Å². The van der Waals surface area contributed by atoms with E-state index in [9.17, 15) is 43.2 Å². The van der Waals surface area contributed by atoms with E-state index in [1.54, 1.807) is 39.2 Å². The van der Waals surface area contributed by atoms with E-state index in [1.807, 2.05) is 0 Å². The summed E-state index contributed by atoms with van der Waals surface area (Å²) in [4.78, 5) is 42.8. The number of phenols is 1. The van der Waals surface area contributed by atoms with E-state index in [1.165, 1.54) is 18.7 Å². The van der Waals surface area contributed by atoms with Gasteiger partial charge in [0.1, 0.15) is 22.8 Å². The van der Waals surface area contributed by atoms with Crippen molar-refractivity contribution in [2.24, 2.45) is 17.6 Å². The van der Waals surface area contributed by atoms with Gasteiger partial charge in [-0.05, 0) is 58.3 Å². The highest BCUT2D eigenvalue weighted by molar-refractivity contribution is 7.90. The summed E-state index contributed by atoms with van der Waals surface area (Å²) < 4.78 is 26.4. The number of rotatable bonds is 6. The number of anilines is 1. The molecule has 4 atom stereocenters. The minimum atomic E-state index is -3.58. The molecule has 0 saturated carbocycles. The van der Waals surface area contributed by atoms with Crippen molar-refractivity contribution in [1.82, 2.24) is 9.62 Å². The number of benzene rings is 1. The van der Waals surface area contributed by atoms with Crippen molar-refractivity contribution in [2.75, 3.05) is 39.6 Å². The lowest BCUT2D eigenvalue weighted by Gasteiger charge is -2.50. The van der Waals surface area contributed by atoms with Gasteiger partial charge in [0, 0.05) is 31.3 Å². The first-order chi connectivity index (χ1) is 19.9. The number of Topliss-reactive ketones (excluding diaryl/α,β-unsaturated/α-hetero) is 2. The summed E-state index contributed by atoms with van der Waals surface area (Å²) in [6.45, 7) is 2.77. The van der Waals surface area contributed by atoms with Crippen molar-refractivity contribution < 1.29 is 43.2 Å². The first kappa shape index (κ1) is 32.0. The Morgan fingerprint density at radius 1 is 1.19 bits per heavy atom. The molecule has 1 aromatic rings. The fraction of sp³-hybridized carbons (Fsp3) is 0.483. The number of amides is 1. The molecule has 0 heterocycles. The van der Waals surface area contributed by atoms with Gasteiger partial charge in [-0.3, -0.25) is 19.3 Å². The number of aromatic hydroxyl groups is 1. The highest BCUT2D eigenvalue weighted by Gasteiger charge is 2.63. The van der Waals surface area contributed by atoms with Gasteiger partial charge in [-0.15, -0.1) is 0 Å². The van der Waals surface area contributed by atoms with Crippen LogP contribution in [0, 0.1) is 23.7 Å². The Hall–Kier alpha value is -3.90. The molecule has 43 heavy (non-hydrogen) atoms. The number of hydrogen-bond acceptors (Lipinski definition) is 11. The van der Waals surface area contributed by atoms with Crippen LogP contribution in [-0.2, 0) is 26.0 Å². The lowest BCUT2D eigenvalue weighted by Crippen LogP contribution is -2.63. The fourth-order valence-electron chi connectivity index (χ4n) is 6.24. The molecule has 0 saturated heterocycles. The Kier molecular flexibility index (Phi) is 8.18. The number of allylic oxidation sites excluding steroid dienone is 1. The molecule has 3 aliphatic carbocycles. The summed E-state index contributed by atoms with van der Waals surface area (Å²) in [5.74, 6) is -2.07. The van der Waals surface area contributed by atoms with Gasteiger partial charge in [0.05, 0.1) is 29.0 Å². The van der Waals surface area contributed by atoms with Gasteiger partial charge in [-0.25, -0.2) is 13.1 Å². The lowest BCUT2D eigenvalue weighted by molar-refractivity contribution is -0.148. The maximum Gasteiger partial charge on any atom is 0.255 e. The Labute approximate surface area is 249 Å². The molecule has 4 unspecified atom stereocenters. The highest BCUT2D eigenvalue weighted by Crippen LogP contribution is 2.53. The molecular formula is C29H36N4O9S. The number of aliphatic hydroxyl groups excluding tert-OH is 2. The first-order valence-electron chi connectivity index (χ1n) is 13.6. The van der Waals surface area contributed by atoms with Crippen LogP contribution in [0.1, 0.15) is 41.8 Å². The largest absolute Gasteiger partial charge is 0.510 e. The average molecular weight is 617 g/mol. The summed E-state index contributed by atoms with van der Waals surface area (Å²) >= 11 is 0. The van der Waals surface area contributed by atoms with Crippen LogP contribution < -0.4 is 15.4 Å². The molecule has 4 rings (SSSR count). The number of nitrogens with one attached hydrogen (secondary N) is 1. The summed E-state index contributed by atoms with van der Waals surface area (Å²) in [5.41, 5.74) is 2.30. The average Bonchev–Trinajstić information content (AvgIpc) is 2.89. The zero-order valence-electron chi connectivity index (χ0n) is 24.7. The van der Waals surface area contributed by atoms with Gasteiger partial charge in [0.25, 0.3) is 5.91 Å². The molecule has 0 radical (unpaired) electrons. The minimum absolute atomic E-state index is 0.0239. The van der Waals surface area contributed by atoms with Crippen molar-refractivity contribution in [2.45, 2.75) is 43.6 Å². The summed E-state index contributed by atoms with van der Waals surface area (Å²) in [6, 6.07) is 0.484. The van der Waals surface area contributed by atoms with Crippen LogP contribution in [0.3, 0.4) is 0 Å². The molecule has 14 heteroatoms. The number of ketones is 2. The number of phenolic OH excluding ortho intramolecular Hbond substituents is 1. The van der Waals surface area contributed by atoms with Crippen molar-refractivity contribution in [3.05, 3.63) is 45.4 Å². The van der Waals surface area contributed by atoms with Crippen LogP contribution in [0.2, 0.25) is 0 Å². The van der Waals surface area contributed by atoms with Crippen LogP contribution in [0.5, 0.6) is 5.75 Å². The number of likely N-dealkylation sites (N-methyl/N-ethyl adjacent to an activating group) is 1. The third-order valence-corrected chi connectivity index (χ3v) is 10.2. The Morgan fingerprint density at radius 2 is 1.81 bits per heavy atom. The van der Waals surface area contributed by atoms with E-state index in [0.29, 0.717) is 11.3 Å². The van der Waals surface area contributed by atoms with Gasteiger partial charge in [-0.1, -0.05) is 11.8 Å². The zero-order chi connectivity index (χ0) is 32.3. The molecule has 3 aliphatic rings. The predicted octanol–water partition coefficient (Wildman–Crippen LogP) is -0.134.